The first-order valence-corrected chi connectivity index (χ1v) is 6.05. The Morgan fingerprint density at radius 1 is 1.17 bits per heavy atom. The molecule has 104 valence electrons. The number of hydrogen-bond acceptors (Lipinski definition) is 3. The summed E-state index contributed by atoms with van der Waals surface area (Å²) in [6.45, 7) is 0.143. The minimum atomic E-state index is -4.65. The summed E-state index contributed by atoms with van der Waals surface area (Å²) in [6, 6.07) is 0. The zero-order valence-electron chi connectivity index (χ0n) is 9.96. The lowest BCUT2D eigenvalue weighted by Crippen LogP contribution is -2.48. The first kappa shape index (κ1) is 13.6. The number of carbonyl (C=O) groups is 1. The van der Waals surface area contributed by atoms with Crippen LogP contribution in [0.5, 0.6) is 0 Å². The number of aliphatic hydroxyl groups is 1. The molecule has 18 heavy (non-hydrogen) atoms. The van der Waals surface area contributed by atoms with E-state index in [9.17, 15) is 23.1 Å². The van der Waals surface area contributed by atoms with E-state index in [1.165, 1.54) is 4.90 Å². The molecular weight excluding hydrogens is 249 g/mol. The van der Waals surface area contributed by atoms with Gasteiger partial charge in [0.25, 0.3) is 0 Å². The zero-order valence-corrected chi connectivity index (χ0v) is 9.96. The molecule has 1 aliphatic carbocycles. The van der Waals surface area contributed by atoms with Crippen molar-refractivity contribution in [1.82, 2.24) is 4.90 Å². The van der Waals surface area contributed by atoms with Crippen LogP contribution in [-0.4, -0.2) is 46.3 Å². The lowest BCUT2D eigenvalue weighted by atomic mass is 9.94. The summed E-state index contributed by atoms with van der Waals surface area (Å²) in [5, 5.41) is 9.61. The second kappa shape index (κ2) is 4.09. The van der Waals surface area contributed by atoms with Crippen molar-refractivity contribution in [2.75, 3.05) is 13.1 Å². The molecule has 1 unspecified atom stereocenters. The van der Waals surface area contributed by atoms with Crippen molar-refractivity contribution in [2.24, 2.45) is 5.73 Å². The molecule has 1 atom stereocenters. The van der Waals surface area contributed by atoms with Crippen LogP contribution in [0.25, 0.3) is 0 Å². The third-order valence-corrected chi connectivity index (χ3v) is 3.84. The average molecular weight is 266 g/mol. The van der Waals surface area contributed by atoms with Gasteiger partial charge in [0.05, 0.1) is 5.54 Å². The molecule has 2 aliphatic rings. The maximum Gasteiger partial charge on any atom is 0.417 e. The fourth-order valence-corrected chi connectivity index (χ4v) is 2.27. The summed E-state index contributed by atoms with van der Waals surface area (Å²) in [6.07, 6.45) is -4.17. The molecule has 2 fully saturated rings. The number of likely N-dealkylation sites (tertiary alicyclic amines) is 1. The van der Waals surface area contributed by atoms with Crippen LogP contribution in [0.2, 0.25) is 0 Å². The molecular formula is C11H17F3N2O2. The number of carbonyl (C=O) groups excluding carboxylic acids is 1. The Morgan fingerprint density at radius 2 is 1.78 bits per heavy atom. The molecule has 1 saturated carbocycles. The van der Waals surface area contributed by atoms with Gasteiger partial charge in [0.15, 0.2) is 5.60 Å². The predicted octanol–water partition coefficient (Wildman–Crippen LogP) is 0.784. The highest BCUT2D eigenvalue weighted by Gasteiger charge is 2.55. The summed E-state index contributed by atoms with van der Waals surface area (Å²) in [5.41, 5.74) is 2.22. The highest BCUT2D eigenvalue weighted by atomic mass is 19.4. The topological polar surface area (TPSA) is 66.6 Å². The van der Waals surface area contributed by atoms with Gasteiger partial charge in [-0.05, 0) is 25.7 Å². The molecule has 0 aromatic heterocycles. The second-order valence-corrected chi connectivity index (χ2v) is 5.33. The maximum atomic E-state index is 12.7. The van der Waals surface area contributed by atoms with Crippen molar-refractivity contribution in [3.8, 4) is 0 Å². The minimum Gasteiger partial charge on any atom is -0.380 e. The van der Waals surface area contributed by atoms with Crippen LogP contribution in [0.3, 0.4) is 0 Å². The zero-order chi connectivity index (χ0) is 13.6. The van der Waals surface area contributed by atoms with E-state index in [-0.39, 0.29) is 31.8 Å². The normalized spacial score (nSPS) is 31.9. The van der Waals surface area contributed by atoms with E-state index in [1.54, 1.807) is 0 Å². The predicted molar refractivity (Wildman–Crippen MR) is 57.6 cm³/mol. The van der Waals surface area contributed by atoms with Crippen molar-refractivity contribution in [3.63, 3.8) is 0 Å². The highest BCUT2D eigenvalue weighted by molar-refractivity contribution is 5.89. The summed E-state index contributed by atoms with van der Waals surface area (Å²) in [7, 11) is 0. The largest absolute Gasteiger partial charge is 0.417 e. The van der Waals surface area contributed by atoms with Gasteiger partial charge in [0, 0.05) is 19.5 Å². The molecule has 0 spiro atoms. The summed E-state index contributed by atoms with van der Waals surface area (Å²) in [4.78, 5) is 13.3. The Bertz CT molecular complexity index is 355. The Balaban J connectivity index is 2.03. The van der Waals surface area contributed by atoms with Crippen LogP contribution in [0.15, 0.2) is 0 Å². The van der Waals surface area contributed by atoms with Crippen molar-refractivity contribution in [2.45, 2.75) is 49.4 Å². The lowest BCUT2D eigenvalue weighted by molar-refractivity contribution is -0.263. The van der Waals surface area contributed by atoms with Crippen LogP contribution in [0.4, 0.5) is 13.2 Å². The van der Waals surface area contributed by atoms with Crippen LogP contribution in [0.1, 0.15) is 32.1 Å². The molecule has 0 radical (unpaired) electrons. The van der Waals surface area contributed by atoms with Crippen molar-refractivity contribution in [1.29, 1.82) is 0 Å². The number of nitrogens with two attached hydrogens (primary N) is 1. The SMILES string of the molecule is NC1(C(=O)N2CCCC(O)(C(F)(F)F)CC2)CC1. The minimum absolute atomic E-state index is 0.0895. The number of hydrogen-bond donors (Lipinski definition) is 2. The van der Waals surface area contributed by atoms with Gasteiger partial charge >= 0.3 is 6.18 Å². The summed E-state index contributed by atoms with van der Waals surface area (Å²) >= 11 is 0. The molecule has 3 N–H and O–H groups in total. The Hall–Kier alpha value is -0.820. The first-order chi connectivity index (χ1) is 8.18. The number of alkyl halides is 3. The Morgan fingerprint density at radius 3 is 2.28 bits per heavy atom. The van der Waals surface area contributed by atoms with Gasteiger partial charge in [-0.2, -0.15) is 13.2 Å². The van der Waals surface area contributed by atoms with Gasteiger partial charge in [-0.1, -0.05) is 0 Å². The van der Waals surface area contributed by atoms with E-state index < -0.39 is 23.7 Å². The lowest BCUT2D eigenvalue weighted by Gasteiger charge is -2.29. The number of rotatable bonds is 1. The van der Waals surface area contributed by atoms with Crippen LogP contribution < -0.4 is 5.73 Å². The monoisotopic (exact) mass is 266 g/mol. The number of nitrogens with zero attached hydrogens (tertiary/aromatic N) is 1. The second-order valence-electron chi connectivity index (χ2n) is 5.33. The van der Waals surface area contributed by atoms with Crippen molar-refractivity contribution in [3.05, 3.63) is 0 Å². The third kappa shape index (κ3) is 2.33. The van der Waals surface area contributed by atoms with E-state index in [1.807, 2.05) is 0 Å². The van der Waals surface area contributed by atoms with Gasteiger partial charge in [-0.3, -0.25) is 4.79 Å². The number of halogens is 3. The van der Waals surface area contributed by atoms with E-state index in [4.69, 9.17) is 5.73 Å². The molecule has 0 aromatic carbocycles. The molecule has 2 rings (SSSR count). The van der Waals surface area contributed by atoms with Gasteiger partial charge in [-0.15, -0.1) is 0 Å². The molecule has 1 heterocycles. The van der Waals surface area contributed by atoms with Gasteiger partial charge in [0.2, 0.25) is 5.91 Å². The molecule has 7 heteroatoms. The van der Waals surface area contributed by atoms with Crippen molar-refractivity contribution >= 4 is 5.91 Å². The molecule has 0 bridgehead atoms. The first-order valence-electron chi connectivity index (χ1n) is 6.05. The summed E-state index contributed by atoms with van der Waals surface area (Å²) < 4.78 is 38.1. The molecule has 1 saturated heterocycles. The average Bonchev–Trinajstić information content (AvgIpc) is 3.02. The smallest absolute Gasteiger partial charge is 0.380 e. The van der Waals surface area contributed by atoms with Crippen LogP contribution in [0, 0.1) is 0 Å². The molecule has 4 nitrogen and oxygen atoms in total. The number of amides is 1. The van der Waals surface area contributed by atoms with E-state index in [0.717, 1.165) is 0 Å². The molecule has 0 aromatic rings. The quantitative estimate of drug-likeness (QED) is 0.737. The Kier molecular flexibility index (Phi) is 3.09. The van der Waals surface area contributed by atoms with E-state index in [0.29, 0.717) is 12.8 Å². The Labute approximate surface area is 103 Å². The fourth-order valence-electron chi connectivity index (χ4n) is 2.27. The van der Waals surface area contributed by atoms with E-state index in [2.05, 4.69) is 0 Å². The standard InChI is InChI=1S/C11H17F3N2O2/c12-11(13,14)10(18)2-1-6-16(7-5-10)8(17)9(15)3-4-9/h18H,1-7,15H2. The van der Waals surface area contributed by atoms with Gasteiger partial charge in [-0.25, -0.2) is 0 Å². The van der Waals surface area contributed by atoms with Crippen LogP contribution >= 0.6 is 0 Å². The van der Waals surface area contributed by atoms with E-state index >= 15 is 0 Å². The maximum absolute atomic E-state index is 12.7. The van der Waals surface area contributed by atoms with Crippen LogP contribution in [-0.2, 0) is 4.79 Å². The fraction of sp³-hybridized carbons (Fsp3) is 0.909. The third-order valence-electron chi connectivity index (χ3n) is 3.84. The molecule has 1 aliphatic heterocycles. The van der Waals surface area contributed by atoms with Gasteiger partial charge < -0.3 is 15.7 Å². The summed E-state index contributed by atoms with van der Waals surface area (Å²) in [5.74, 6) is -0.283. The highest BCUT2D eigenvalue weighted by Crippen LogP contribution is 2.40. The van der Waals surface area contributed by atoms with Crippen molar-refractivity contribution < 1.29 is 23.1 Å². The van der Waals surface area contributed by atoms with Gasteiger partial charge in [0.1, 0.15) is 0 Å². The molecule has 1 amide bonds.